The second-order valence-corrected chi connectivity index (χ2v) is 6.83. The van der Waals surface area contributed by atoms with Gasteiger partial charge in [0.2, 0.25) is 5.13 Å². The van der Waals surface area contributed by atoms with Crippen molar-refractivity contribution in [3.05, 3.63) is 24.3 Å². The van der Waals surface area contributed by atoms with Crippen molar-refractivity contribution in [2.24, 2.45) is 0 Å². The minimum Gasteiger partial charge on any atom is -0.549 e. The summed E-state index contributed by atoms with van der Waals surface area (Å²) in [7, 11) is 1.56. The first kappa shape index (κ1) is 17.0. The highest BCUT2D eigenvalue weighted by Gasteiger charge is 2.12. The van der Waals surface area contributed by atoms with E-state index >= 15 is 0 Å². The maximum absolute atomic E-state index is 11.9. The Bertz CT molecular complexity index is 690. The van der Waals surface area contributed by atoms with Crippen LogP contribution in [-0.2, 0) is 4.79 Å². The van der Waals surface area contributed by atoms with Crippen molar-refractivity contribution >= 4 is 45.9 Å². The molecule has 2 amide bonds. The Morgan fingerprint density at radius 1 is 1.26 bits per heavy atom. The second kappa shape index (κ2) is 7.79. The Morgan fingerprint density at radius 2 is 1.96 bits per heavy atom. The Kier molecular flexibility index (Phi) is 5.77. The molecule has 2 aromatic rings. The number of benzene rings is 1. The first-order valence-electron chi connectivity index (χ1n) is 6.41. The van der Waals surface area contributed by atoms with Crippen LogP contribution in [0, 0.1) is 0 Å². The molecule has 2 rings (SSSR count). The van der Waals surface area contributed by atoms with Gasteiger partial charge in [-0.2, -0.15) is 0 Å². The van der Waals surface area contributed by atoms with E-state index in [9.17, 15) is 14.7 Å². The van der Waals surface area contributed by atoms with Crippen molar-refractivity contribution in [2.45, 2.75) is 16.5 Å². The van der Waals surface area contributed by atoms with Crippen LogP contribution in [0.3, 0.4) is 0 Å². The largest absolute Gasteiger partial charge is 0.549 e. The monoisotopic (exact) mass is 353 g/mol. The fraction of sp³-hybridized carbons (Fsp3) is 0.231. The van der Waals surface area contributed by atoms with Gasteiger partial charge in [0.25, 0.3) is 0 Å². The van der Waals surface area contributed by atoms with Gasteiger partial charge in [-0.05, 0) is 31.2 Å². The van der Waals surface area contributed by atoms with Crippen LogP contribution in [-0.4, -0.2) is 34.6 Å². The smallest absolute Gasteiger partial charge is 0.325 e. The maximum Gasteiger partial charge on any atom is 0.325 e. The fourth-order valence-corrected chi connectivity index (χ4v) is 3.26. The van der Waals surface area contributed by atoms with Gasteiger partial charge in [0, 0.05) is 10.9 Å². The van der Waals surface area contributed by atoms with Gasteiger partial charge in [-0.25, -0.2) is 4.79 Å². The van der Waals surface area contributed by atoms with E-state index in [-0.39, 0.29) is 5.13 Å². The van der Waals surface area contributed by atoms with Gasteiger partial charge in [0.1, 0.15) is 5.75 Å². The van der Waals surface area contributed by atoms with E-state index in [0.29, 0.717) is 15.8 Å². The van der Waals surface area contributed by atoms with Crippen LogP contribution in [0.25, 0.3) is 0 Å². The van der Waals surface area contributed by atoms with Crippen molar-refractivity contribution in [3.63, 3.8) is 0 Å². The molecule has 0 bridgehead atoms. The van der Waals surface area contributed by atoms with Crippen molar-refractivity contribution < 1.29 is 19.4 Å². The third kappa shape index (κ3) is 5.11. The lowest BCUT2D eigenvalue weighted by molar-refractivity contribution is -0.304. The Balaban J connectivity index is 1.90. The third-order valence-corrected chi connectivity index (χ3v) is 4.59. The number of nitrogens with one attached hydrogen (secondary N) is 2. The molecule has 10 heteroatoms. The van der Waals surface area contributed by atoms with Crippen molar-refractivity contribution in [1.82, 2.24) is 10.2 Å². The maximum atomic E-state index is 11.9. The van der Waals surface area contributed by atoms with Gasteiger partial charge in [-0.15, -0.1) is 10.2 Å². The topological polar surface area (TPSA) is 116 Å². The normalized spacial score (nSPS) is 11.6. The fourth-order valence-electron chi connectivity index (χ4n) is 1.44. The van der Waals surface area contributed by atoms with Crippen LogP contribution in [0.1, 0.15) is 6.92 Å². The zero-order valence-corrected chi connectivity index (χ0v) is 13.9. The number of carboxylic acid groups (broad SMARTS) is 1. The number of hydrogen-bond donors (Lipinski definition) is 2. The van der Waals surface area contributed by atoms with E-state index in [1.165, 1.54) is 6.92 Å². The molecule has 2 N–H and O–H groups in total. The number of carbonyl (C=O) groups is 2. The number of anilines is 2. The molecule has 1 atom stereocenters. The summed E-state index contributed by atoms with van der Waals surface area (Å²) in [6.07, 6.45) is 0. The molecule has 23 heavy (non-hydrogen) atoms. The zero-order valence-electron chi connectivity index (χ0n) is 12.2. The van der Waals surface area contributed by atoms with Crippen molar-refractivity contribution in [1.29, 1.82) is 0 Å². The van der Waals surface area contributed by atoms with Crippen LogP contribution in [0.5, 0.6) is 5.75 Å². The molecule has 0 saturated carbocycles. The average molecular weight is 353 g/mol. The lowest BCUT2D eigenvalue weighted by Gasteiger charge is -2.08. The minimum atomic E-state index is -1.18. The van der Waals surface area contributed by atoms with Crippen molar-refractivity contribution in [3.8, 4) is 5.75 Å². The number of ether oxygens (including phenoxy) is 1. The Labute approximate surface area is 140 Å². The van der Waals surface area contributed by atoms with E-state index < -0.39 is 17.3 Å². The highest BCUT2D eigenvalue weighted by Crippen LogP contribution is 2.28. The molecule has 0 aliphatic heterocycles. The number of amides is 2. The summed E-state index contributed by atoms with van der Waals surface area (Å²) in [5, 5.41) is 22.9. The molecule has 0 spiro atoms. The lowest BCUT2D eigenvalue weighted by atomic mass is 10.3. The summed E-state index contributed by atoms with van der Waals surface area (Å²) in [6.45, 7) is 1.49. The quantitative estimate of drug-likeness (QED) is 0.596. The molecule has 0 unspecified atom stereocenters. The molecule has 8 nitrogen and oxygen atoms in total. The number of carboxylic acids is 1. The molecule has 122 valence electrons. The number of methoxy groups -OCH3 is 1. The number of hydrogen-bond acceptors (Lipinski definition) is 8. The number of carbonyl (C=O) groups excluding carboxylic acids is 2. The van der Waals surface area contributed by atoms with Gasteiger partial charge in [0.05, 0.1) is 13.1 Å². The van der Waals surface area contributed by atoms with Crippen LogP contribution in [0.15, 0.2) is 28.6 Å². The molecule has 0 radical (unpaired) electrons. The van der Waals surface area contributed by atoms with E-state index in [2.05, 4.69) is 20.8 Å². The predicted molar refractivity (Wildman–Crippen MR) is 85.9 cm³/mol. The van der Waals surface area contributed by atoms with E-state index in [0.717, 1.165) is 23.1 Å². The van der Waals surface area contributed by atoms with Crippen molar-refractivity contribution in [2.75, 3.05) is 17.7 Å². The number of aromatic nitrogens is 2. The number of rotatable bonds is 6. The molecule has 0 fully saturated rings. The first-order chi connectivity index (χ1) is 11.0. The van der Waals surface area contributed by atoms with E-state index in [1.807, 2.05) is 0 Å². The van der Waals surface area contributed by atoms with Gasteiger partial charge in [-0.1, -0.05) is 23.1 Å². The summed E-state index contributed by atoms with van der Waals surface area (Å²) in [5.41, 5.74) is 0.591. The predicted octanol–water partition coefficient (Wildman–Crippen LogP) is 1.42. The average Bonchev–Trinajstić information content (AvgIpc) is 2.94. The highest BCUT2D eigenvalue weighted by atomic mass is 32.2. The van der Waals surface area contributed by atoms with Crippen LogP contribution < -0.4 is 20.5 Å². The summed E-state index contributed by atoms with van der Waals surface area (Å²) in [4.78, 5) is 22.5. The van der Waals surface area contributed by atoms with E-state index in [1.54, 1.807) is 31.4 Å². The number of aliphatic carboxylic acids is 1. The number of thioether (sulfide) groups is 1. The zero-order chi connectivity index (χ0) is 16.8. The lowest BCUT2D eigenvalue weighted by Crippen LogP contribution is -2.31. The molecule has 0 saturated heterocycles. The van der Waals surface area contributed by atoms with Crippen LogP contribution >= 0.6 is 23.1 Å². The second-order valence-electron chi connectivity index (χ2n) is 4.26. The number of urea groups is 1. The number of nitrogens with zero attached hydrogens (tertiary/aromatic N) is 2. The molecular formula is C13H13N4O4S2-. The summed E-state index contributed by atoms with van der Waals surface area (Å²) >= 11 is 2.09. The minimum absolute atomic E-state index is 0.268. The molecule has 0 aliphatic rings. The summed E-state index contributed by atoms with van der Waals surface area (Å²) in [6, 6.07) is 6.35. The van der Waals surface area contributed by atoms with Gasteiger partial charge < -0.3 is 20.0 Å². The van der Waals surface area contributed by atoms with E-state index in [4.69, 9.17) is 4.74 Å². The molecule has 1 aromatic heterocycles. The summed E-state index contributed by atoms with van der Waals surface area (Å²) < 4.78 is 5.46. The van der Waals surface area contributed by atoms with Crippen LogP contribution in [0.4, 0.5) is 15.6 Å². The molecule has 1 aromatic carbocycles. The SMILES string of the molecule is COc1ccc(NC(=O)Nc2nnc(S[C@@H](C)C(=O)[O-])s2)cc1. The Morgan fingerprint density at radius 3 is 2.57 bits per heavy atom. The van der Waals surface area contributed by atoms with Crippen LogP contribution in [0.2, 0.25) is 0 Å². The summed E-state index contributed by atoms with van der Waals surface area (Å²) in [5.74, 6) is -0.499. The first-order valence-corrected chi connectivity index (χ1v) is 8.10. The molecule has 1 heterocycles. The Hall–Kier alpha value is -2.33. The standard InChI is InChI=1S/C13H14N4O4S2/c1-7(10(18)19)22-13-17-16-12(23-13)15-11(20)14-8-3-5-9(21-2)6-4-8/h3-7H,1-2H3,(H,18,19)(H2,14,15,16,20)/p-1/t7-/m0/s1. The molecular weight excluding hydrogens is 340 g/mol. The van der Waals surface area contributed by atoms with Gasteiger partial charge in [0.15, 0.2) is 4.34 Å². The molecule has 0 aliphatic carbocycles. The highest BCUT2D eigenvalue weighted by molar-refractivity contribution is 8.02. The van der Waals surface area contributed by atoms with Gasteiger partial charge >= 0.3 is 6.03 Å². The van der Waals surface area contributed by atoms with Gasteiger partial charge in [-0.3, -0.25) is 5.32 Å². The third-order valence-electron chi connectivity index (χ3n) is 2.58.